The Hall–Kier alpha value is -1.67. The molecule has 0 aromatic heterocycles. The molecule has 0 spiro atoms. The summed E-state index contributed by atoms with van der Waals surface area (Å²) in [4.78, 5) is 37.1. The van der Waals surface area contributed by atoms with Gasteiger partial charge in [-0.05, 0) is 38.2 Å². The van der Waals surface area contributed by atoms with Crippen molar-refractivity contribution >= 4 is 29.1 Å². The van der Waals surface area contributed by atoms with E-state index in [1.54, 1.807) is 13.8 Å². The number of esters is 1. The fourth-order valence-electron chi connectivity index (χ4n) is 7.81. The predicted octanol–water partition coefficient (Wildman–Crippen LogP) is 3.96. The molecule has 0 bridgehead atoms. The van der Waals surface area contributed by atoms with Crippen molar-refractivity contribution in [2.75, 3.05) is 5.88 Å². The van der Waals surface area contributed by atoms with Gasteiger partial charge < -0.3 is 9.84 Å². The highest BCUT2D eigenvalue weighted by Crippen LogP contribution is 2.72. The number of fused-ring (bicyclic) bond motifs is 5. The summed E-state index contributed by atoms with van der Waals surface area (Å²) in [5.74, 6) is -6.43. The summed E-state index contributed by atoms with van der Waals surface area (Å²) in [7, 11) is 0. The molecule has 0 amide bonds. The van der Waals surface area contributed by atoms with Crippen LogP contribution in [0.25, 0.3) is 0 Å². The smallest absolute Gasteiger partial charge is 0.303 e. The second kappa shape index (κ2) is 7.41. The number of hydrogen-bond donors (Lipinski definition) is 1. The van der Waals surface area contributed by atoms with E-state index in [0.717, 1.165) is 19.1 Å². The lowest BCUT2D eigenvalue weighted by atomic mass is 9.44. The van der Waals surface area contributed by atoms with E-state index in [1.807, 2.05) is 0 Å². The average molecular weight is 489 g/mol. The van der Waals surface area contributed by atoms with Crippen molar-refractivity contribution in [3.63, 3.8) is 0 Å². The van der Waals surface area contributed by atoms with Crippen molar-refractivity contribution in [2.45, 2.75) is 70.5 Å². The van der Waals surface area contributed by atoms with Gasteiger partial charge in [-0.3, -0.25) is 14.4 Å². The zero-order valence-corrected chi connectivity index (χ0v) is 19.7. The molecule has 3 saturated carbocycles. The predicted molar refractivity (Wildman–Crippen MR) is 113 cm³/mol. The van der Waals surface area contributed by atoms with Crippen LogP contribution in [0.15, 0.2) is 23.6 Å². The number of carbonyl (C=O) groups is 3. The summed E-state index contributed by atoms with van der Waals surface area (Å²) in [5.41, 5.74) is -7.90. The summed E-state index contributed by atoms with van der Waals surface area (Å²) in [5, 5.41) is 11.3. The summed E-state index contributed by atoms with van der Waals surface area (Å²) in [6.07, 6.45) is -2.19. The Morgan fingerprint density at radius 3 is 2.48 bits per heavy atom. The van der Waals surface area contributed by atoms with Gasteiger partial charge in [0.05, 0.1) is 12.0 Å². The van der Waals surface area contributed by atoms with Gasteiger partial charge in [-0.25, -0.2) is 13.2 Å². The van der Waals surface area contributed by atoms with Crippen LogP contribution in [0.1, 0.15) is 47.0 Å². The third-order valence-corrected chi connectivity index (χ3v) is 9.33. The summed E-state index contributed by atoms with van der Waals surface area (Å²) >= 11 is 5.90. The minimum atomic E-state index is -2.50. The number of carbonyl (C=O) groups excluding carboxylic acids is 3. The zero-order chi connectivity index (χ0) is 24.7. The normalized spacial score (nSPS) is 48.8. The zero-order valence-electron chi connectivity index (χ0n) is 19.0. The quantitative estimate of drug-likeness (QED) is 0.480. The third-order valence-electron chi connectivity index (χ3n) is 9.09. The maximum Gasteiger partial charge on any atom is 0.303 e. The number of rotatable bonds is 3. The molecule has 4 aliphatic carbocycles. The molecule has 0 radical (unpaired) electrons. The highest BCUT2D eigenvalue weighted by molar-refractivity contribution is 6.29. The topological polar surface area (TPSA) is 80.7 Å². The SMILES string of the molecule is CC(=O)O[C@@]1(C(=O)CCl)[C@@H](C)C[C@H]2[C@@H]3C[C@H](F)C4=C(F)C(=O)C=C[C@]4(C)[C@@]3(F)[C@@H](O)C[C@@]21C. The number of ketones is 2. The van der Waals surface area contributed by atoms with E-state index in [4.69, 9.17) is 16.3 Å². The molecule has 182 valence electrons. The van der Waals surface area contributed by atoms with Crippen LogP contribution in [0.5, 0.6) is 0 Å². The third kappa shape index (κ3) is 2.74. The number of Topliss-reactive ketones (excluding diaryl/α,β-unsaturated/α-hetero) is 1. The van der Waals surface area contributed by atoms with Gasteiger partial charge in [0.15, 0.2) is 22.9 Å². The fraction of sp³-hybridized carbons (Fsp3) is 0.708. The molecule has 0 aromatic rings. The molecular formula is C24H28ClF3O5. The second-order valence-corrected chi connectivity index (χ2v) is 10.7. The molecule has 5 nitrogen and oxygen atoms in total. The molecular weight excluding hydrogens is 461 g/mol. The van der Waals surface area contributed by atoms with Crippen LogP contribution < -0.4 is 0 Å². The van der Waals surface area contributed by atoms with Crippen LogP contribution in [-0.4, -0.2) is 52.1 Å². The van der Waals surface area contributed by atoms with Gasteiger partial charge in [0.2, 0.25) is 5.78 Å². The van der Waals surface area contributed by atoms with Crippen molar-refractivity contribution in [3.05, 3.63) is 23.6 Å². The lowest BCUT2D eigenvalue weighted by Crippen LogP contribution is -2.71. The average Bonchev–Trinajstić information content (AvgIpc) is 2.94. The number of halogens is 4. The Morgan fingerprint density at radius 1 is 1.27 bits per heavy atom. The molecule has 1 N–H and O–H groups in total. The van der Waals surface area contributed by atoms with Gasteiger partial charge in [-0.2, -0.15) is 0 Å². The fourth-order valence-corrected chi connectivity index (χ4v) is 8.01. The first-order valence-corrected chi connectivity index (χ1v) is 11.7. The first-order chi connectivity index (χ1) is 15.2. The molecule has 9 heteroatoms. The Kier molecular flexibility index (Phi) is 5.49. The number of hydrogen-bond acceptors (Lipinski definition) is 5. The number of aliphatic hydroxyl groups is 1. The van der Waals surface area contributed by atoms with Crippen LogP contribution in [0.4, 0.5) is 13.2 Å². The minimum Gasteiger partial charge on any atom is -0.450 e. The van der Waals surface area contributed by atoms with Gasteiger partial charge >= 0.3 is 5.97 Å². The summed E-state index contributed by atoms with van der Waals surface area (Å²) in [6, 6.07) is 0. The van der Waals surface area contributed by atoms with Crippen LogP contribution in [0, 0.1) is 28.6 Å². The lowest BCUT2D eigenvalue weighted by Gasteiger charge is -2.63. The van der Waals surface area contributed by atoms with Crippen molar-refractivity contribution in [1.29, 1.82) is 0 Å². The number of aliphatic hydroxyl groups excluding tert-OH is 1. The van der Waals surface area contributed by atoms with Gasteiger partial charge in [-0.1, -0.05) is 19.9 Å². The van der Waals surface area contributed by atoms with Crippen LogP contribution in [-0.2, 0) is 19.1 Å². The van der Waals surface area contributed by atoms with E-state index in [1.165, 1.54) is 6.92 Å². The minimum absolute atomic E-state index is 0.225. The Morgan fingerprint density at radius 2 is 1.91 bits per heavy atom. The summed E-state index contributed by atoms with van der Waals surface area (Å²) in [6.45, 7) is 5.81. The van der Waals surface area contributed by atoms with Gasteiger partial charge in [0, 0.05) is 35.2 Å². The van der Waals surface area contributed by atoms with Gasteiger partial charge in [0.25, 0.3) is 0 Å². The van der Waals surface area contributed by atoms with Crippen molar-refractivity contribution in [2.24, 2.45) is 28.6 Å². The first-order valence-electron chi connectivity index (χ1n) is 11.2. The number of allylic oxidation sites excluding steroid dienone is 4. The molecule has 0 aliphatic heterocycles. The highest BCUT2D eigenvalue weighted by Gasteiger charge is 2.78. The van der Waals surface area contributed by atoms with E-state index in [-0.39, 0.29) is 12.8 Å². The molecule has 0 heterocycles. The molecule has 9 atom stereocenters. The molecule has 3 fully saturated rings. The van der Waals surface area contributed by atoms with Gasteiger partial charge in [-0.15, -0.1) is 11.6 Å². The highest BCUT2D eigenvalue weighted by atomic mass is 35.5. The lowest BCUT2D eigenvalue weighted by molar-refractivity contribution is -0.230. The second-order valence-electron chi connectivity index (χ2n) is 10.5. The van der Waals surface area contributed by atoms with Crippen molar-refractivity contribution in [3.8, 4) is 0 Å². The van der Waals surface area contributed by atoms with E-state index in [9.17, 15) is 23.9 Å². The molecule has 0 aromatic carbocycles. The Labute approximate surface area is 195 Å². The van der Waals surface area contributed by atoms with Gasteiger partial charge in [0.1, 0.15) is 6.17 Å². The summed E-state index contributed by atoms with van der Waals surface area (Å²) < 4.78 is 53.0. The van der Waals surface area contributed by atoms with E-state index < -0.39 is 93.4 Å². The maximum absolute atomic E-state index is 17.1. The standard InChI is InChI=1S/C24H28ClF3O5/c1-11-7-13-14-8-15(26)19-20(27)16(30)5-6-21(19,3)23(14,28)17(31)9-22(13,4)24(11,18(32)10-25)33-12(2)29/h5-6,11,13-15,17,31H,7-10H2,1-4H3/t11-,13-,14-,15-,17-,21-,22-,23-,24+/m0/s1. The Bertz CT molecular complexity index is 997. The van der Waals surface area contributed by atoms with Crippen LogP contribution in [0.3, 0.4) is 0 Å². The maximum atomic E-state index is 17.1. The molecule has 4 aliphatic rings. The van der Waals surface area contributed by atoms with Crippen LogP contribution in [0.2, 0.25) is 0 Å². The number of alkyl halides is 3. The molecule has 0 saturated heterocycles. The Balaban J connectivity index is 1.91. The largest absolute Gasteiger partial charge is 0.450 e. The van der Waals surface area contributed by atoms with E-state index >= 15 is 8.78 Å². The molecule has 0 unspecified atom stereocenters. The van der Waals surface area contributed by atoms with Crippen molar-refractivity contribution < 1.29 is 37.4 Å². The monoisotopic (exact) mass is 488 g/mol. The molecule has 4 rings (SSSR count). The van der Waals surface area contributed by atoms with E-state index in [2.05, 4.69) is 0 Å². The molecule has 33 heavy (non-hydrogen) atoms. The van der Waals surface area contributed by atoms with Crippen molar-refractivity contribution in [1.82, 2.24) is 0 Å². The first kappa shape index (κ1) is 24.5. The van der Waals surface area contributed by atoms with E-state index in [0.29, 0.717) is 0 Å². The number of ether oxygens (including phenoxy) is 1. The van der Waals surface area contributed by atoms with Crippen LogP contribution >= 0.6 is 11.6 Å².